The van der Waals surface area contributed by atoms with Gasteiger partial charge in [-0.2, -0.15) is 0 Å². The van der Waals surface area contributed by atoms with Crippen LogP contribution in [0.3, 0.4) is 0 Å². The second-order valence-corrected chi connectivity index (χ2v) is 5.51. The maximum atomic E-state index is 14.0. The Morgan fingerprint density at radius 2 is 1.79 bits per heavy atom. The molecule has 0 saturated carbocycles. The molecule has 0 heterocycles. The van der Waals surface area contributed by atoms with Crippen molar-refractivity contribution in [1.29, 1.82) is 0 Å². The van der Waals surface area contributed by atoms with Gasteiger partial charge in [0.25, 0.3) is 0 Å². The number of anilines is 4. The second-order valence-electron chi connectivity index (χ2n) is 3.81. The highest BCUT2D eigenvalue weighted by Crippen LogP contribution is 2.37. The summed E-state index contributed by atoms with van der Waals surface area (Å²) in [6.07, 6.45) is 0. The van der Waals surface area contributed by atoms with E-state index in [1.807, 2.05) is 0 Å². The molecule has 19 heavy (non-hydrogen) atoms. The van der Waals surface area contributed by atoms with Crippen LogP contribution in [0.4, 0.5) is 27.1 Å². The van der Waals surface area contributed by atoms with Gasteiger partial charge in [-0.15, -0.1) is 0 Å². The standard InChI is InChI=1S/C12H9BrCl2FN3/c13-5-1-2-9(6(14)3-5)19-12-8(18)4-7(17)10(15)11(12)16/h1-4,19H,17-18H2. The fourth-order valence-corrected chi connectivity index (χ4v) is 2.39. The summed E-state index contributed by atoms with van der Waals surface area (Å²) in [5, 5.41) is 3.05. The van der Waals surface area contributed by atoms with Crippen LogP contribution < -0.4 is 16.8 Å². The summed E-state index contributed by atoms with van der Waals surface area (Å²) in [4.78, 5) is 0. The van der Waals surface area contributed by atoms with Crippen LogP contribution in [0.2, 0.25) is 10.0 Å². The van der Waals surface area contributed by atoms with Crippen molar-refractivity contribution in [2.45, 2.75) is 0 Å². The minimum absolute atomic E-state index is 0.0448. The Labute approximate surface area is 127 Å². The molecule has 5 N–H and O–H groups in total. The molecular weight excluding hydrogens is 356 g/mol. The molecule has 100 valence electrons. The van der Waals surface area contributed by atoms with E-state index in [0.29, 0.717) is 10.7 Å². The molecule has 2 aromatic carbocycles. The van der Waals surface area contributed by atoms with Gasteiger partial charge in [-0.3, -0.25) is 0 Å². The molecule has 0 unspecified atom stereocenters. The summed E-state index contributed by atoms with van der Waals surface area (Å²) < 4.78 is 14.8. The van der Waals surface area contributed by atoms with Gasteiger partial charge in [-0.25, -0.2) is 4.39 Å². The van der Waals surface area contributed by atoms with Crippen LogP contribution in [0.15, 0.2) is 28.7 Å². The van der Waals surface area contributed by atoms with E-state index in [1.165, 1.54) is 6.07 Å². The van der Waals surface area contributed by atoms with E-state index in [-0.39, 0.29) is 22.1 Å². The van der Waals surface area contributed by atoms with E-state index in [1.54, 1.807) is 18.2 Å². The summed E-state index contributed by atoms with van der Waals surface area (Å²) in [5.41, 5.74) is 12.0. The summed E-state index contributed by atoms with van der Waals surface area (Å²) in [6, 6.07) is 6.52. The Kier molecular flexibility index (Phi) is 4.08. The minimum atomic E-state index is -0.710. The van der Waals surface area contributed by atoms with E-state index < -0.39 is 5.82 Å². The molecule has 0 aliphatic heterocycles. The number of nitrogens with two attached hydrogens (primary N) is 2. The SMILES string of the molecule is Nc1cc(N)c(Nc2ccc(Br)cc2Cl)c(F)c1Cl. The minimum Gasteiger partial charge on any atom is -0.397 e. The van der Waals surface area contributed by atoms with Crippen LogP contribution in [0, 0.1) is 5.82 Å². The van der Waals surface area contributed by atoms with Crippen LogP contribution >= 0.6 is 39.1 Å². The van der Waals surface area contributed by atoms with Gasteiger partial charge < -0.3 is 16.8 Å². The van der Waals surface area contributed by atoms with E-state index in [2.05, 4.69) is 21.2 Å². The largest absolute Gasteiger partial charge is 0.397 e. The molecule has 2 rings (SSSR count). The first-order valence-corrected chi connectivity index (χ1v) is 6.70. The van der Waals surface area contributed by atoms with E-state index in [4.69, 9.17) is 34.7 Å². The topological polar surface area (TPSA) is 64.1 Å². The number of hydrogen-bond acceptors (Lipinski definition) is 3. The highest BCUT2D eigenvalue weighted by atomic mass is 79.9. The number of halogens is 4. The lowest BCUT2D eigenvalue weighted by Gasteiger charge is -2.14. The van der Waals surface area contributed by atoms with Crippen molar-refractivity contribution in [1.82, 2.24) is 0 Å². The first-order valence-electron chi connectivity index (χ1n) is 5.15. The van der Waals surface area contributed by atoms with Crippen molar-refractivity contribution in [3.63, 3.8) is 0 Å². The maximum absolute atomic E-state index is 14.0. The molecule has 0 spiro atoms. The zero-order valence-electron chi connectivity index (χ0n) is 9.48. The highest BCUT2D eigenvalue weighted by Gasteiger charge is 2.15. The second kappa shape index (κ2) is 5.45. The predicted molar refractivity (Wildman–Crippen MR) is 82.7 cm³/mol. The van der Waals surface area contributed by atoms with Gasteiger partial charge in [0.1, 0.15) is 5.02 Å². The van der Waals surface area contributed by atoms with Gasteiger partial charge in [0.2, 0.25) is 0 Å². The zero-order valence-corrected chi connectivity index (χ0v) is 12.6. The Bertz CT molecular complexity index is 649. The van der Waals surface area contributed by atoms with Gasteiger partial charge in [0.15, 0.2) is 5.82 Å². The Morgan fingerprint density at radius 3 is 2.42 bits per heavy atom. The van der Waals surface area contributed by atoms with E-state index >= 15 is 0 Å². The molecule has 0 aliphatic rings. The highest BCUT2D eigenvalue weighted by molar-refractivity contribution is 9.10. The number of rotatable bonds is 2. The predicted octanol–water partition coefficient (Wildman–Crippen LogP) is 4.80. The van der Waals surface area contributed by atoms with Crippen molar-refractivity contribution in [3.8, 4) is 0 Å². The van der Waals surface area contributed by atoms with Crippen LogP contribution in [0.25, 0.3) is 0 Å². The van der Waals surface area contributed by atoms with Crippen LogP contribution in [0.5, 0.6) is 0 Å². The smallest absolute Gasteiger partial charge is 0.169 e. The quantitative estimate of drug-likeness (QED) is 0.670. The van der Waals surface area contributed by atoms with Gasteiger partial charge in [-0.1, -0.05) is 39.1 Å². The molecule has 7 heteroatoms. The zero-order chi connectivity index (χ0) is 14.2. The van der Waals surface area contributed by atoms with Crippen LogP contribution in [-0.4, -0.2) is 0 Å². The monoisotopic (exact) mass is 363 g/mol. The van der Waals surface area contributed by atoms with Crippen LogP contribution in [0.1, 0.15) is 0 Å². The summed E-state index contributed by atoms with van der Waals surface area (Å²) >= 11 is 15.1. The third kappa shape index (κ3) is 2.88. The number of hydrogen-bond donors (Lipinski definition) is 3. The van der Waals surface area contributed by atoms with Gasteiger partial charge >= 0.3 is 0 Å². The molecule has 0 bridgehead atoms. The lowest BCUT2D eigenvalue weighted by atomic mass is 10.2. The Balaban J connectivity index is 2.47. The average Bonchev–Trinajstić information content (AvgIpc) is 2.34. The van der Waals surface area contributed by atoms with Crippen molar-refractivity contribution in [3.05, 3.63) is 44.6 Å². The summed E-state index contributed by atoms with van der Waals surface area (Å²) in [5.74, 6) is -0.710. The lowest BCUT2D eigenvalue weighted by molar-refractivity contribution is 0.633. The number of nitrogens with one attached hydrogen (secondary N) is 1. The molecule has 0 amide bonds. The van der Waals surface area contributed by atoms with E-state index in [9.17, 15) is 4.39 Å². The summed E-state index contributed by atoms with van der Waals surface area (Å²) in [7, 11) is 0. The normalized spacial score (nSPS) is 10.5. The molecular formula is C12H9BrCl2FN3. The third-order valence-corrected chi connectivity index (χ3v) is 3.65. The summed E-state index contributed by atoms with van der Waals surface area (Å²) in [6.45, 7) is 0. The van der Waals surface area contributed by atoms with Crippen LogP contribution in [-0.2, 0) is 0 Å². The number of nitrogen functional groups attached to an aromatic ring is 2. The molecule has 0 aliphatic carbocycles. The van der Waals surface area contributed by atoms with Crippen molar-refractivity contribution < 1.29 is 4.39 Å². The van der Waals surface area contributed by atoms with Crippen molar-refractivity contribution in [2.75, 3.05) is 16.8 Å². The lowest BCUT2D eigenvalue weighted by Crippen LogP contribution is -2.03. The molecule has 0 radical (unpaired) electrons. The average molecular weight is 365 g/mol. The van der Waals surface area contributed by atoms with Gasteiger partial charge in [0.05, 0.1) is 27.8 Å². The molecule has 0 fully saturated rings. The first-order chi connectivity index (χ1) is 8.90. The fraction of sp³-hybridized carbons (Fsp3) is 0. The molecule has 2 aromatic rings. The first kappa shape index (κ1) is 14.2. The number of benzene rings is 2. The molecule has 0 aromatic heterocycles. The molecule has 0 saturated heterocycles. The Hall–Kier alpha value is -1.17. The molecule has 0 atom stereocenters. The van der Waals surface area contributed by atoms with Gasteiger partial charge in [0, 0.05) is 4.47 Å². The van der Waals surface area contributed by atoms with E-state index in [0.717, 1.165) is 4.47 Å². The van der Waals surface area contributed by atoms with Crippen molar-refractivity contribution in [2.24, 2.45) is 0 Å². The molecule has 3 nitrogen and oxygen atoms in total. The Morgan fingerprint density at radius 1 is 1.11 bits per heavy atom. The van der Waals surface area contributed by atoms with Crippen molar-refractivity contribution >= 4 is 61.9 Å². The maximum Gasteiger partial charge on any atom is 0.169 e. The fourth-order valence-electron chi connectivity index (χ4n) is 1.52. The van der Waals surface area contributed by atoms with Gasteiger partial charge in [-0.05, 0) is 24.3 Å². The third-order valence-electron chi connectivity index (χ3n) is 2.46.